The van der Waals surface area contributed by atoms with Gasteiger partial charge in [-0.3, -0.25) is 0 Å². The molecule has 1 saturated carbocycles. The summed E-state index contributed by atoms with van der Waals surface area (Å²) in [7, 11) is 0. The Morgan fingerprint density at radius 2 is 1.90 bits per heavy atom. The maximum atomic E-state index is 13.2. The van der Waals surface area contributed by atoms with Gasteiger partial charge in [0.2, 0.25) is 0 Å². The maximum absolute atomic E-state index is 13.2. The third-order valence-electron chi connectivity index (χ3n) is 4.03. The SMILES string of the molecule is Cc1cccc(Cl)c1NC1CC(c2cccc(F)c2)C1. The number of hydrogen-bond acceptors (Lipinski definition) is 1. The average Bonchev–Trinajstić information content (AvgIpc) is 2.36. The van der Waals surface area contributed by atoms with Gasteiger partial charge >= 0.3 is 0 Å². The van der Waals surface area contributed by atoms with E-state index in [4.69, 9.17) is 11.6 Å². The summed E-state index contributed by atoms with van der Waals surface area (Å²) in [6.07, 6.45) is 2.04. The molecule has 104 valence electrons. The molecule has 20 heavy (non-hydrogen) atoms. The van der Waals surface area contributed by atoms with E-state index in [9.17, 15) is 4.39 Å². The first-order valence-electron chi connectivity index (χ1n) is 6.90. The zero-order chi connectivity index (χ0) is 14.1. The fourth-order valence-corrected chi connectivity index (χ4v) is 3.06. The molecule has 0 aliphatic heterocycles. The molecular weight excluding hydrogens is 273 g/mol. The van der Waals surface area contributed by atoms with Gasteiger partial charge < -0.3 is 5.32 Å². The molecule has 1 aliphatic carbocycles. The highest BCUT2D eigenvalue weighted by molar-refractivity contribution is 6.33. The zero-order valence-electron chi connectivity index (χ0n) is 11.4. The van der Waals surface area contributed by atoms with Crippen LogP contribution in [0.1, 0.15) is 29.9 Å². The molecule has 0 aromatic heterocycles. The Balaban J connectivity index is 1.64. The minimum Gasteiger partial charge on any atom is -0.381 e. The quantitative estimate of drug-likeness (QED) is 0.824. The zero-order valence-corrected chi connectivity index (χ0v) is 12.1. The molecule has 1 N–H and O–H groups in total. The normalized spacial score (nSPS) is 21.4. The molecule has 1 nitrogen and oxygen atoms in total. The average molecular weight is 290 g/mol. The summed E-state index contributed by atoms with van der Waals surface area (Å²) in [4.78, 5) is 0. The summed E-state index contributed by atoms with van der Waals surface area (Å²) in [5.74, 6) is 0.298. The molecule has 0 unspecified atom stereocenters. The molecule has 0 radical (unpaired) electrons. The molecule has 0 atom stereocenters. The van der Waals surface area contributed by atoms with Crippen molar-refractivity contribution in [1.82, 2.24) is 0 Å². The van der Waals surface area contributed by atoms with E-state index in [0.29, 0.717) is 12.0 Å². The van der Waals surface area contributed by atoms with Crippen molar-refractivity contribution >= 4 is 17.3 Å². The predicted molar refractivity (Wildman–Crippen MR) is 82.0 cm³/mol. The van der Waals surface area contributed by atoms with Gasteiger partial charge in [-0.05, 0) is 55.0 Å². The van der Waals surface area contributed by atoms with E-state index >= 15 is 0 Å². The first-order chi connectivity index (χ1) is 9.63. The van der Waals surface area contributed by atoms with Crippen LogP contribution in [0, 0.1) is 12.7 Å². The monoisotopic (exact) mass is 289 g/mol. The Morgan fingerprint density at radius 3 is 2.60 bits per heavy atom. The Bertz CT molecular complexity index is 600. The largest absolute Gasteiger partial charge is 0.381 e. The topological polar surface area (TPSA) is 12.0 Å². The number of halogens is 2. The molecular formula is C17H17ClFN. The highest BCUT2D eigenvalue weighted by Crippen LogP contribution is 2.40. The van der Waals surface area contributed by atoms with Crippen molar-refractivity contribution < 1.29 is 4.39 Å². The lowest BCUT2D eigenvalue weighted by Gasteiger charge is -2.37. The van der Waals surface area contributed by atoms with Crippen LogP contribution >= 0.6 is 11.6 Å². The molecule has 2 aromatic carbocycles. The maximum Gasteiger partial charge on any atom is 0.123 e. The number of anilines is 1. The van der Waals surface area contributed by atoms with Crippen molar-refractivity contribution in [2.45, 2.75) is 31.7 Å². The summed E-state index contributed by atoms with van der Waals surface area (Å²) in [6.45, 7) is 2.05. The molecule has 0 bridgehead atoms. The van der Waals surface area contributed by atoms with Crippen LogP contribution in [-0.2, 0) is 0 Å². The van der Waals surface area contributed by atoms with Crippen LogP contribution in [0.15, 0.2) is 42.5 Å². The summed E-state index contributed by atoms with van der Waals surface area (Å²) in [5.41, 5.74) is 3.28. The molecule has 2 aromatic rings. The lowest BCUT2D eigenvalue weighted by atomic mass is 9.75. The van der Waals surface area contributed by atoms with Gasteiger partial charge in [-0.1, -0.05) is 35.9 Å². The molecule has 0 heterocycles. The first-order valence-corrected chi connectivity index (χ1v) is 7.28. The fourth-order valence-electron chi connectivity index (χ4n) is 2.79. The number of aryl methyl sites for hydroxylation is 1. The molecule has 1 aliphatic rings. The second-order valence-electron chi connectivity index (χ2n) is 5.50. The Kier molecular flexibility index (Phi) is 3.66. The van der Waals surface area contributed by atoms with E-state index in [1.807, 2.05) is 18.2 Å². The second kappa shape index (κ2) is 5.45. The number of rotatable bonds is 3. The second-order valence-corrected chi connectivity index (χ2v) is 5.90. The predicted octanol–water partition coefficient (Wildman–Crippen LogP) is 5.15. The van der Waals surface area contributed by atoms with E-state index in [0.717, 1.165) is 34.7 Å². The van der Waals surface area contributed by atoms with Crippen LogP contribution in [0.5, 0.6) is 0 Å². The molecule has 3 rings (SSSR count). The minimum atomic E-state index is -0.152. The van der Waals surface area contributed by atoms with E-state index in [1.54, 1.807) is 12.1 Å². The van der Waals surface area contributed by atoms with Crippen LogP contribution in [0.25, 0.3) is 0 Å². The molecule has 1 fully saturated rings. The lowest BCUT2D eigenvalue weighted by Crippen LogP contribution is -2.34. The third kappa shape index (κ3) is 2.66. The molecule has 3 heteroatoms. The van der Waals surface area contributed by atoms with Crippen molar-refractivity contribution in [3.05, 3.63) is 64.4 Å². The summed E-state index contributed by atoms with van der Waals surface area (Å²) >= 11 is 6.22. The number of hydrogen-bond donors (Lipinski definition) is 1. The van der Waals surface area contributed by atoms with Gasteiger partial charge in [0.1, 0.15) is 5.82 Å². The van der Waals surface area contributed by atoms with Gasteiger partial charge in [0.15, 0.2) is 0 Å². The first kappa shape index (κ1) is 13.4. The number of para-hydroxylation sites is 1. The van der Waals surface area contributed by atoms with E-state index in [2.05, 4.69) is 18.3 Å². The van der Waals surface area contributed by atoms with Crippen molar-refractivity contribution in [2.24, 2.45) is 0 Å². The summed E-state index contributed by atoms with van der Waals surface area (Å²) in [5, 5.41) is 4.27. The van der Waals surface area contributed by atoms with E-state index in [-0.39, 0.29) is 5.82 Å². The summed E-state index contributed by atoms with van der Waals surface area (Å²) in [6, 6.07) is 13.2. The van der Waals surface area contributed by atoms with E-state index < -0.39 is 0 Å². The highest BCUT2D eigenvalue weighted by Gasteiger charge is 2.30. The summed E-state index contributed by atoms with van der Waals surface area (Å²) < 4.78 is 13.2. The Hall–Kier alpha value is -1.54. The van der Waals surface area contributed by atoms with E-state index in [1.165, 1.54) is 6.07 Å². The van der Waals surface area contributed by atoms with Gasteiger partial charge in [0.25, 0.3) is 0 Å². The van der Waals surface area contributed by atoms with Gasteiger partial charge in [-0.25, -0.2) is 4.39 Å². The molecule has 0 spiro atoms. The van der Waals surface area contributed by atoms with Crippen LogP contribution in [-0.4, -0.2) is 6.04 Å². The van der Waals surface area contributed by atoms with Crippen molar-refractivity contribution in [2.75, 3.05) is 5.32 Å². The van der Waals surface area contributed by atoms with Crippen LogP contribution in [0.3, 0.4) is 0 Å². The van der Waals surface area contributed by atoms with Crippen molar-refractivity contribution in [1.29, 1.82) is 0 Å². The van der Waals surface area contributed by atoms with Crippen molar-refractivity contribution in [3.63, 3.8) is 0 Å². The van der Waals surface area contributed by atoms with Gasteiger partial charge in [0.05, 0.1) is 10.7 Å². The van der Waals surface area contributed by atoms with Crippen molar-refractivity contribution in [3.8, 4) is 0 Å². The molecule has 0 saturated heterocycles. The van der Waals surface area contributed by atoms with Gasteiger partial charge in [-0.15, -0.1) is 0 Å². The molecule has 0 amide bonds. The third-order valence-corrected chi connectivity index (χ3v) is 4.34. The number of nitrogens with one attached hydrogen (secondary N) is 1. The smallest absolute Gasteiger partial charge is 0.123 e. The fraction of sp³-hybridized carbons (Fsp3) is 0.294. The Morgan fingerprint density at radius 1 is 1.15 bits per heavy atom. The highest BCUT2D eigenvalue weighted by atomic mass is 35.5. The minimum absolute atomic E-state index is 0.152. The van der Waals surface area contributed by atoms with Crippen LogP contribution in [0.2, 0.25) is 5.02 Å². The standard InChI is InChI=1S/C17H17ClFN/c1-11-4-2-7-16(18)17(11)20-15-9-13(10-15)12-5-3-6-14(19)8-12/h2-8,13,15,20H,9-10H2,1H3. The Labute approximate surface area is 123 Å². The number of benzene rings is 2. The van der Waals surface area contributed by atoms with Crippen LogP contribution < -0.4 is 5.32 Å². The lowest BCUT2D eigenvalue weighted by molar-refractivity contribution is 0.373. The van der Waals surface area contributed by atoms with Gasteiger partial charge in [-0.2, -0.15) is 0 Å². The van der Waals surface area contributed by atoms with Crippen LogP contribution in [0.4, 0.5) is 10.1 Å². The van der Waals surface area contributed by atoms with Gasteiger partial charge in [0, 0.05) is 6.04 Å².